The lowest BCUT2D eigenvalue weighted by atomic mass is 9.88. The van der Waals surface area contributed by atoms with Gasteiger partial charge in [0.15, 0.2) is 8.32 Å². The lowest BCUT2D eigenvalue weighted by Gasteiger charge is -2.39. The SMILES string of the molecule is CCCC[Si](C)(C)OC1(c2ccc(N(C)C)cc2)CCc2ccccc21. The average Bonchev–Trinajstić information content (AvgIpc) is 2.99. The van der Waals surface area contributed by atoms with Crippen LogP contribution in [-0.2, 0) is 16.4 Å². The van der Waals surface area contributed by atoms with Gasteiger partial charge >= 0.3 is 0 Å². The van der Waals surface area contributed by atoms with Crippen LogP contribution >= 0.6 is 0 Å². The molecule has 0 N–H and O–H groups in total. The second kappa shape index (κ2) is 7.57. The number of aryl methyl sites for hydroxylation is 1. The summed E-state index contributed by atoms with van der Waals surface area (Å²) in [5.74, 6) is 0. The van der Waals surface area contributed by atoms with Crippen LogP contribution in [0.2, 0.25) is 19.1 Å². The lowest BCUT2D eigenvalue weighted by molar-refractivity contribution is 0.101. The van der Waals surface area contributed by atoms with E-state index in [9.17, 15) is 0 Å². The van der Waals surface area contributed by atoms with Crippen LogP contribution in [0.1, 0.15) is 42.9 Å². The van der Waals surface area contributed by atoms with E-state index in [1.807, 2.05) is 0 Å². The van der Waals surface area contributed by atoms with Crippen LogP contribution in [0.4, 0.5) is 5.69 Å². The lowest BCUT2D eigenvalue weighted by Crippen LogP contribution is -2.42. The number of nitrogens with zero attached hydrogens (tertiary/aromatic N) is 1. The molecule has 0 aromatic heterocycles. The number of hydrogen-bond donors (Lipinski definition) is 0. The minimum atomic E-state index is -1.76. The minimum Gasteiger partial charge on any atom is -0.404 e. The maximum atomic E-state index is 7.13. The van der Waals surface area contributed by atoms with Crippen LogP contribution in [0.25, 0.3) is 0 Å². The first-order valence-corrected chi connectivity index (χ1v) is 13.1. The molecule has 2 nitrogen and oxygen atoms in total. The van der Waals surface area contributed by atoms with E-state index in [0.29, 0.717) is 0 Å². The maximum Gasteiger partial charge on any atom is 0.188 e. The average molecular weight is 368 g/mol. The van der Waals surface area contributed by atoms with Crippen LogP contribution in [0.3, 0.4) is 0 Å². The molecule has 3 rings (SSSR count). The Morgan fingerprint density at radius 3 is 2.38 bits per heavy atom. The van der Waals surface area contributed by atoms with E-state index in [2.05, 4.69) is 87.5 Å². The van der Waals surface area contributed by atoms with Crippen molar-refractivity contribution in [2.75, 3.05) is 19.0 Å². The Labute approximate surface area is 160 Å². The van der Waals surface area contributed by atoms with Crippen LogP contribution in [-0.4, -0.2) is 22.4 Å². The van der Waals surface area contributed by atoms with Crippen molar-refractivity contribution in [1.29, 1.82) is 0 Å². The van der Waals surface area contributed by atoms with Crippen molar-refractivity contribution in [1.82, 2.24) is 0 Å². The van der Waals surface area contributed by atoms with E-state index in [1.54, 1.807) is 0 Å². The van der Waals surface area contributed by atoms with Gasteiger partial charge in [-0.05, 0) is 60.8 Å². The number of anilines is 1. The summed E-state index contributed by atoms with van der Waals surface area (Å²) in [5.41, 5.74) is 5.10. The van der Waals surface area contributed by atoms with Crippen molar-refractivity contribution >= 4 is 14.0 Å². The van der Waals surface area contributed by atoms with Gasteiger partial charge in [-0.15, -0.1) is 0 Å². The Morgan fingerprint density at radius 2 is 1.73 bits per heavy atom. The van der Waals surface area contributed by atoms with Crippen molar-refractivity contribution < 1.29 is 4.43 Å². The van der Waals surface area contributed by atoms with Gasteiger partial charge in [0.1, 0.15) is 5.60 Å². The summed E-state index contributed by atoms with van der Waals surface area (Å²) in [6, 6.07) is 19.1. The van der Waals surface area contributed by atoms with Crippen LogP contribution in [0.5, 0.6) is 0 Å². The first-order chi connectivity index (χ1) is 12.4. The Bertz CT molecular complexity index is 738. The monoisotopic (exact) mass is 367 g/mol. The summed E-state index contributed by atoms with van der Waals surface area (Å²) in [6.07, 6.45) is 4.65. The fourth-order valence-corrected chi connectivity index (χ4v) is 6.78. The summed E-state index contributed by atoms with van der Waals surface area (Å²) in [4.78, 5) is 2.15. The molecule has 1 aliphatic rings. The first kappa shape index (κ1) is 19.2. The molecule has 0 spiro atoms. The molecule has 0 bridgehead atoms. The molecule has 1 atom stereocenters. The molecular weight excluding hydrogens is 334 g/mol. The molecule has 2 aromatic carbocycles. The zero-order valence-electron chi connectivity index (χ0n) is 17.0. The van der Waals surface area contributed by atoms with Gasteiger partial charge in [-0.3, -0.25) is 0 Å². The Kier molecular flexibility index (Phi) is 5.59. The molecule has 0 saturated heterocycles. The van der Waals surface area contributed by atoms with E-state index in [-0.39, 0.29) is 5.60 Å². The van der Waals surface area contributed by atoms with Gasteiger partial charge < -0.3 is 9.33 Å². The zero-order valence-corrected chi connectivity index (χ0v) is 18.0. The fourth-order valence-electron chi connectivity index (χ4n) is 4.20. The third-order valence-corrected chi connectivity index (χ3v) is 8.09. The van der Waals surface area contributed by atoms with E-state index in [0.717, 1.165) is 12.8 Å². The van der Waals surface area contributed by atoms with Gasteiger partial charge in [-0.1, -0.05) is 56.2 Å². The summed E-state index contributed by atoms with van der Waals surface area (Å²) in [7, 11) is 2.42. The molecule has 1 aliphatic carbocycles. The smallest absolute Gasteiger partial charge is 0.188 e. The molecule has 140 valence electrons. The van der Waals surface area contributed by atoms with Crippen molar-refractivity contribution in [2.24, 2.45) is 0 Å². The quantitative estimate of drug-likeness (QED) is 0.559. The molecule has 0 fully saturated rings. The number of rotatable bonds is 7. The van der Waals surface area contributed by atoms with Crippen LogP contribution in [0, 0.1) is 0 Å². The van der Waals surface area contributed by atoms with Crippen LogP contribution in [0.15, 0.2) is 48.5 Å². The Balaban J connectivity index is 2.03. The molecule has 0 heterocycles. The number of unbranched alkanes of at least 4 members (excludes halogenated alkanes) is 1. The second-order valence-corrected chi connectivity index (χ2v) is 12.6. The van der Waals surface area contributed by atoms with Gasteiger partial charge in [0.25, 0.3) is 0 Å². The second-order valence-electron chi connectivity index (χ2n) is 8.39. The molecule has 0 aliphatic heterocycles. The van der Waals surface area contributed by atoms with Gasteiger partial charge in [0.2, 0.25) is 0 Å². The number of benzene rings is 2. The molecule has 26 heavy (non-hydrogen) atoms. The summed E-state index contributed by atoms with van der Waals surface area (Å²) in [5, 5.41) is 0. The Hall–Kier alpha value is -1.58. The largest absolute Gasteiger partial charge is 0.404 e. The molecule has 3 heteroatoms. The molecular formula is C23H33NOSi. The van der Waals surface area contributed by atoms with E-state index >= 15 is 0 Å². The number of hydrogen-bond acceptors (Lipinski definition) is 2. The van der Waals surface area contributed by atoms with Crippen molar-refractivity contribution in [3.63, 3.8) is 0 Å². The molecule has 2 aromatic rings. The third-order valence-electron chi connectivity index (χ3n) is 5.63. The Morgan fingerprint density at radius 1 is 1.04 bits per heavy atom. The van der Waals surface area contributed by atoms with E-state index < -0.39 is 8.32 Å². The molecule has 0 saturated carbocycles. The highest BCUT2D eigenvalue weighted by Gasteiger charge is 2.45. The fraction of sp³-hybridized carbons (Fsp3) is 0.478. The van der Waals surface area contributed by atoms with E-state index in [4.69, 9.17) is 4.43 Å². The van der Waals surface area contributed by atoms with Gasteiger partial charge in [-0.25, -0.2) is 0 Å². The summed E-state index contributed by atoms with van der Waals surface area (Å²) < 4.78 is 7.13. The van der Waals surface area contributed by atoms with Crippen molar-refractivity contribution in [3.05, 3.63) is 65.2 Å². The molecule has 1 unspecified atom stereocenters. The van der Waals surface area contributed by atoms with Crippen molar-refractivity contribution in [2.45, 2.75) is 57.3 Å². The minimum absolute atomic E-state index is 0.273. The van der Waals surface area contributed by atoms with Gasteiger partial charge in [0.05, 0.1) is 0 Å². The standard InChI is InChI=1S/C23H33NOSi/c1-6-7-18-26(4,5)25-23(17-16-19-10-8-9-11-22(19)23)20-12-14-21(15-13-20)24(2)3/h8-15H,6-7,16-18H2,1-5H3. The van der Waals surface area contributed by atoms with Crippen LogP contribution < -0.4 is 4.90 Å². The van der Waals surface area contributed by atoms with E-state index in [1.165, 1.54) is 41.3 Å². The highest BCUT2D eigenvalue weighted by molar-refractivity contribution is 6.71. The normalized spacial score (nSPS) is 19.4. The predicted octanol–water partition coefficient (Wildman–Crippen LogP) is 5.96. The predicted molar refractivity (Wildman–Crippen MR) is 115 cm³/mol. The molecule has 0 amide bonds. The summed E-state index contributed by atoms with van der Waals surface area (Å²) >= 11 is 0. The maximum absolute atomic E-state index is 7.13. The van der Waals surface area contributed by atoms with Crippen molar-refractivity contribution in [3.8, 4) is 0 Å². The molecule has 0 radical (unpaired) electrons. The van der Waals surface area contributed by atoms with Gasteiger partial charge in [-0.2, -0.15) is 0 Å². The topological polar surface area (TPSA) is 12.5 Å². The third kappa shape index (κ3) is 3.74. The van der Waals surface area contributed by atoms with Gasteiger partial charge in [0, 0.05) is 19.8 Å². The highest BCUT2D eigenvalue weighted by atomic mass is 28.4. The zero-order chi connectivity index (χ0) is 18.8. The summed E-state index contributed by atoms with van der Waals surface area (Å²) in [6.45, 7) is 7.05. The highest BCUT2D eigenvalue weighted by Crippen LogP contribution is 2.47. The number of fused-ring (bicyclic) bond motifs is 1. The first-order valence-electron chi connectivity index (χ1n) is 9.94.